The van der Waals surface area contributed by atoms with Crippen molar-refractivity contribution < 1.29 is 30.7 Å². The van der Waals surface area contributed by atoms with Crippen molar-refractivity contribution in [2.75, 3.05) is 0 Å². The van der Waals surface area contributed by atoms with E-state index < -0.39 is 34.3 Å². The van der Waals surface area contributed by atoms with E-state index in [1.165, 1.54) is 42.5 Å². The zero-order valence-corrected chi connectivity index (χ0v) is 14.3. The van der Waals surface area contributed by atoms with Gasteiger partial charge in [-0.25, -0.2) is 17.9 Å². The predicted octanol–water partition coefficient (Wildman–Crippen LogP) is 3.17. The molecule has 0 bridgehead atoms. The highest BCUT2D eigenvalue weighted by atomic mass is 32.2. The molecule has 0 atom stereocenters. The van der Waals surface area contributed by atoms with Crippen LogP contribution in [0.25, 0.3) is 11.0 Å². The summed E-state index contributed by atoms with van der Waals surface area (Å²) < 4.78 is 73.3. The third kappa shape index (κ3) is 4.66. The Balaban J connectivity index is 1.84. The van der Waals surface area contributed by atoms with Gasteiger partial charge in [-0.2, -0.15) is 0 Å². The first-order chi connectivity index (χ1) is 12.6. The van der Waals surface area contributed by atoms with E-state index in [0.29, 0.717) is 5.39 Å². The highest BCUT2D eigenvalue weighted by Crippen LogP contribution is 2.26. The van der Waals surface area contributed by atoms with Crippen molar-refractivity contribution in [3.8, 4) is 5.75 Å². The van der Waals surface area contributed by atoms with Crippen molar-refractivity contribution >= 4 is 21.0 Å². The maximum Gasteiger partial charge on any atom is 0.573 e. The minimum Gasteiger partial charge on any atom is -0.423 e. The minimum absolute atomic E-state index is 0.0187. The Hall–Kier alpha value is -2.85. The van der Waals surface area contributed by atoms with E-state index in [1.54, 1.807) is 0 Å². The lowest BCUT2D eigenvalue weighted by atomic mass is 10.2. The van der Waals surface area contributed by atoms with E-state index in [2.05, 4.69) is 9.46 Å². The maximum atomic E-state index is 12.4. The third-order valence-electron chi connectivity index (χ3n) is 3.55. The fourth-order valence-corrected chi connectivity index (χ4v) is 3.39. The van der Waals surface area contributed by atoms with Crippen LogP contribution in [0.15, 0.2) is 68.7 Å². The highest BCUT2D eigenvalue weighted by Gasteiger charge is 2.32. The Bertz CT molecular complexity index is 1140. The molecule has 3 aromatic rings. The molecule has 6 nitrogen and oxygen atoms in total. The SMILES string of the molecule is O=c1ccc2cc(S(=O)(=O)NCc3ccccc3OC(F)(F)F)ccc2o1. The molecule has 27 heavy (non-hydrogen) atoms. The van der Waals surface area contributed by atoms with Crippen LogP contribution < -0.4 is 15.1 Å². The van der Waals surface area contributed by atoms with Crippen LogP contribution in [0.3, 0.4) is 0 Å². The van der Waals surface area contributed by atoms with Gasteiger partial charge in [0.25, 0.3) is 0 Å². The van der Waals surface area contributed by atoms with Crippen molar-refractivity contribution in [3.05, 3.63) is 70.6 Å². The highest BCUT2D eigenvalue weighted by molar-refractivity contribution is 7.89. The molecule has 1 N–H and O–H groups in total. The second-order valence-electron chi connectivity index (χ2n) is 5.43. The molecule has 0 aliphatic rings. The van der Waals surface area contributed by atoms with Crippen molar-refractivity contribution in [1.82, 2.24) is 4.72 Å². The molecule has 0 spiro atoms. The number of hydrogen-bond acceptors (Lipinski definition) is 5. The van der Waals surface area contributed by atoms with E-state index in [-0.39, 0.29) is 16.0 Å². The van der Waals surface area contributed by atoms with E-state index in [4.69, 9.17) is 4.42 Å². The normalized spacial score (nSPS) is 12.3. The largest absolute Gasteiger partial charge is 0.573 e. The molecule has 0 radical (unpaired) electrons. The molecule has 0 saturated carbocycles. The van der Waals surface area contributed by atoms with Gasteiger partial charge < -0.3 is 9.15 Å². The van der Waals surface area contributed by atoms with Crippen molar-refractivity contribution in [1.29, 1.82) is 0 Å². The summed E-state index contributed by atoms with van der Waals surface area (Å²) in [6.07, 6.45) is -4.89. The summed E-state index contributed by atoms with van der Waals surface area (Å²) in [7, 11) is -4.03. The molecule has 3 rings (SSSR count). The summed E-state index contributed by atoms with van der Waals surface area (Å²) >= 11 is 0. The van der Waals surface area contributed by atoms with Crippen LogP contribution in [-0.2, 0) is 16.6 Å². The van der Waals surface area contributed by atoms with Gasteiger partial charge in [-0.1, -0.05) is 18.2 Å². The zero-order chi connectivity index (χ0) is 19.7. The second-order valence-corrected chi connectivity index (χ2v) is 7.20. The summed E-state index contributed by atoms with van der Waals surface area (Å²) in [5.41, 5.74) is -0.340. The first-order valence-electron chi connectivity index (χ1n) is 7.51. The molecule has 0 saturated heterocycles. The van der Waals surface area contributed by atoms with Crippen molar-refractivity contribution in [2.24, 2.45) is 0 Å². The minimum atomic E-state index is -4.89. The first-order valence-corrected chi connectivity index (χ1v) is 9.00. The van der Waals surface area contributed by atoms with Crippen molar-refractivity contribution in [2.45, 2.75) is 17.8 Å². The Morgan fingerprint density at radius 1 is 1.04 bits per heavy atom. The van der Waals surface area contributed by atoms with Crippen molar-refractivity contribution in [3.63, 3.8) is 0 Å². The van der Waals surface area contributed by atoms with Gasteiger partial charge in [0.15, 0.2) is 0 Å². The van der Waals surface area contributed by atoms with Crippen LogP contribution in [0.5, 0.6) is 5.75 Å². The third-order valence-corrected chi connectivity index (χ3v) is 4.95. The van der Waals surface area contributed by atoms with E-state index >= 15 is 0 Å². The average molecular weight is 399 g/mol. The molecule has 0 unspecified atom stereocenters. The predicted molar refractivity (Wildman–Crippen MR) is 89.6 cm³/mol. The standard InChI is InChI=1S/C17H12F3NO5S/c18-17(19,20)26-15-4-2-1-3-12(15)10-21-27(23,24)13-6-7-14-11(9-13)5-8-16(22)25-14/h1-9,21H,10H2. The lowest BCUT2D eigenvalue weighted by Crippen LogP contribution is -2.24. The quantitative estimate of drug-likeness (QED) is 0.666. The van der Waals surface area contributed by atoms with Crippen LogP contribution >= 0.6 is 0 Å². The topological polar surface area (TPSA) is 85.6 Å². The summed E-state index contributed by atoms with van der Waals surface area (Å²) in [6, 6.07) is 11.6. The number of sulfonamides is 1. The number of ether oxygens (including phenoxy) is 1. The van der Waals surface area contributed by atoms with Gasteiger partial charge in [0.05, 0.1) is 4.90 Å². The molecule has 2 aromatic carbocycles. The van der Waals surface area contributed by atoms with E-state index in [9.17, 15) is 26.4 Å². The lowest BCUT2D eigenvalue weighted by molar-refractivity contribution is -0.274. The van der Waals surface area contributed by atoms with E-state index in [1.807, 2.05) is 0 Å². The van der Waals surface area contributed by atoms with Crippen LogP contribution in [0.2, 0.25) is 0 Å². The number of alkyl halides is 3. The smallest absolute Gasteiger partial charge is 0.423 e. The number of para-hydroxylation sites is 1. The van der Waals surface area contributed by atoms with Crippen LogP contribution in [0.4, 0.5) is 13.2 Å². The van der Waals surface area contributed by atoms with Gasteiger partial charge >= 0.3 is 12.0 Å². The molecule has 0 aliphatic heterocycles. The number of hydrogen-bond donors (Lipinski definition) is 1. The Kier molecular flexibility index (Phi) is 4.94. The number of nitrogens with one attached hydrogen (secondary N) is 1. The maximum absolute atomic E-state index is 12.4. The monoisotopic (exact) mass is 399 g/mol. The van der Waals surface area contributed by atoms with Crippen LogP contribution in [0.1, 0.15) is 5.56 Å². The summed E-state index contributed by atoms with van der Waals surface area (Å²) in [5, 5.41) is 0.387. The second kappa shape index (κ2) is 7.05. The Morgan fingerprint density at radius 2 is 1.78 bits per heavy atom. The summed E-state index contributed by atoms with van der Waals surface area (Å²) in [4.78, 5) is 11.0. The molecular weight excluding hydrogens is 387 g/mol. The molecule has 1 heterocycles. The molecule has 0 amide bonds. The number of halogens is 3. The van der Waals surface area contributed by atoms with Gasteiger partial charge in [-0.15, -0.1) is 13.2 Å². The van der Waals surface area contributed by atoms with Gasteiger partial charge in [0.2, 0.25) is 10.0 Å². The molecular formula is C17H12F3NO5S. The van der Waals surface area contributed by atoms with Crippen LogP contribution in [-0.4, -0.2) is 14.8 Å². The molecule has 10 heteroatoms. The lowest BCUT2D eigenvalue weighted by Gasteiger charge is -2.14. The van der Waals surface area contributed by atoms with Crippen LogP contribution in [0, 0.1) is 0 Å². The zero-order valence-electron chi connectivity index (χ0n) is 13.5. The Labute approximate surface area is 151 Å². The summed E-state index contributed by atoms with van der Waals surface area (Å²) in [5.74, 6) is -0.493. The number of fused-ring (bicyclic) bond motifs is 1. The number of rotatable bonds is 5. The van der Waals surface area contributed by atoms with Gasteiger partial charge in [-0.05, 0) is 30.3 Å². The Morgan fingerprint density at radius 3 is 2.52 bits per heavy atom. The molecule has 142 valence electrons. The first kappa shape index (κ1) is 18.9. The van der Waals surface area contributed by atoms with Gasteiger partial charge in [0.1, 0.15) is 11.3 Å². The van der Waals surface area contributed by atoms with Gasteiger partial charge in [-0.3, -0.25) is 0 Å². The van der Waals surface area contributed by atoms with E-state index in [0.717, 1.165) is 12.1 Å². The average Bonchev–Trinajstić information content (AvgIpc) is 2.59. The summed E-state index contributed by atoms with van der Waals surface area (Å²) in [6.45, 7) is -0.406. The van der Waals surface area contributed by atoms with Gasteiger partial charge in [0, 0.05) is 23.6 Å². The fraction of sp³-hybridized carbons (Fsp3) is 0.118. The molecule has 0 fully saturated rings. The molecule has 1 aromatic heterocycles. The number of benzene rings is 2. The molecule has 0 aliphatic carbocycles. The fourth-order valence-electron chi connectivity index (χ4n) is 2.35.